The summed E-state index contributed by atoms with van der Waals surface area (Å²) in [5, 5.41) is 0. The predicted molar refractivity (Wildman–Crippen MR) is 47.2 cm³/mol. The average Bonchev–Trinajstić information content (AvgIpc) is 2.29. The zero-order valence-corrected chi connectivity index (χ0v) is 7.29. The summed E-state index contributed by atoms with van der Waals surface area (Å²) in [5.41, 5.74) is 0. The number of hydrogen-bond donors (Lipinski definition) is 0. The molecule has 0 aliphatic carbocycles. The zero-order chi connectivity index (χ0) is 9.64. The first-order chi connectivity index (χ1) is 6.95. The molecular weight excluding hydrogens is 180 g/mol. The second-order valence-electron chi connectivity index (χ2n) is 2.43. The normalized spacial score (nSPS) is 9.71. The lowest BCUT2D eigenvalue weighted by atomic mass is 10.6. The third kappa shape index (κ3) is 2.22. The van der Waals surface area contributed by atoms with Gasteiger partial charge in [-0.3, -0.25) is 0 Å². The van der Waals surface area contributed by atoms with Crippen molar-refractivity contribution < 1.29 is 4.74 Å². The van der Waals surface area contributed by atoms with E-state index in [0.717, 1.165) is 0 Å². The second-order valence-corrected chi connectivity index (χ2v) is 2.43. The third-order valence-electron chi connectivity index (χ3n) is 1.45. The molecular formula is C9H7N4O. The van der Waals surface area contributed by atoms with Crippen LogP contribution in [-0.2, 0) is 6.61 Å². The number of ether oxygens (including phenoxy) is 1. The number of nitrogens with zero attached hydrogens (tertiary/aromatic N) is 4. The summed E-state index contributed by atoms with van der Waals surface area (Å²) in [6, 6.07) is 1.75. The van der Waals surface area contributed by atoms with Gasteiger partial charge in [-0.2, -0.15) is 0 Å². The van der Waals surface area contributed by atoms with Gasteiger partial charge in [0.2, 0.25) is 5.88 Å². The summed E-state index contributed by atoms with van der Waals surface area (Å²) in [6.45, 7) is 0.274. The largest absolute Gasteiger partial charge is 0.468 e. The van der Waals surface area contributed by atoms with E-state index in [9.17, 15) is 0 Å². The van der Waals surface area contributed by atoms with Gasteiger partial charge < -0.3 is 4.74 Å². The van der Waals surface area contributed by atoms with Crippen LogP contribution in [0.2, 0.25) is 0 Å². The van der Waals surface area contributed by atoms with E-state index in [-0.39, 0.29) is 6.61 Å². The van der Waals surface area contributed by atoms with Crippen molar-refractivity contribution in [2.24, 2.45) is 0 Å². The van der Waals surface area contributed by atoms with E-state index in [1.165, 1.54) is 12.4 Å². The van der Waals surface area contributed by atoms with Gasteiger partial charge in [-0.05, 0) is 6.07 Å². The lowest BCUT2D eigenvalue weighted by molar-refractivity contribution is 0.282. The third-order valence-corrected chi connectivity index (χ3v) is 1.45. The minimum absolute atomic E-state index is 0.274. The lowest BCUT2D eigenvalue weighted by Crippen LogP contribution is -2.01. The van der Waals surface area contributed by atoms with Crippen LogP contribution in [0.25, 0.3) is 0 Å². The highest BCUT2D eigenvalue weighted by Gasteiger charge is 1.97. The minimum Gasteiger partial charge on any atom is -0.468 e. The molecule has 2 rings (SSSR count). The molecule has 0 aliphatic rings. The molecule has 0 saturated heterocycles. The van der Waals surface area contributed by atoms with E-state index in [0.29, 0.717) is 11.7 Å². The van der Waals surface area contributed by atoms with Gasteiger partial charge in [0.15, 0.2) is 12.0 Å². The number of aromatic nitrogens is 4. The Hall–Kier alpha value is -2.04. The van der Waals surface area contributed by atoms with Crippen molar-refractivity contribution in [3.05, 3.63) is 42.9 Å². The fourth-order valence-electron chi connectivity index (χ4n) is 0.863. The van der Waals surface area contributed by atoms with Crippen LogP contribution in [0.3, 0.4) is 0 Å². The summed E-state index contributed by atoms with van der Waals surface area (Å²) in [6.07, 6.45) is 8.99. The summed E-state index contributed by atoms with van der Waals surface area (Å²) in [5.74, 6) is 0.950. The fourth-order valence-corrected chi connectivity index (χ4v) is 0.863. The van der Waals surface area contributed by atoms with Crippen LogP contribution in [0.1, 0.15) is 5.82 Å². The van der Waals surface area contributed by atoms with Gasteiger partial charge >= 0.3 is 0 Å². The van der Waals surface area contributed by atoms with Crippen molar-refractivity contribution in [1.29, 1.82) is 0 Å². The van der Waals surface area contributed by atoms with Gasteiger partial charge in [-0.15, -0.1) is 0 Å². The number of rotatable bonds is 3. The molecule has 0 unspecified atom stereocenters. The Bertz CT molecular complexity index is 339. The Kier molecular flexibility index (Phi) is 2.61. The van der Waals surface area contributed by atoms with E-state index in [1.54, 1.807) is 18.5 Å². The Morgan fingerprint density at radius 3 is 2.64 bits per heavy atom. The first-order valence-electron chi connectivity index (χ1n) is 4.02. The van der Waals surface area contributed by atoms with Crippen molar-refractivity contribution >= 4 is 0 Å². The molecule has 5 heteroatoms. The predicted octanol–water partition coefficient (Wildman–Crippen LogP) is 0.646. The van der Waals surface area contributed by atoms with Crippen molar-refractivity contribution in [2.45, 2.75) is 6.61 Å². The minimum atomic E-state index is 0.274. The van der Waals surface area contributed by atoms with Gasteiger partial charge in [-0.25, -0.2) is 19.9 Å². The van der Waals surface area contributed by atoms with Crippen LogP contribution in [0.4, 0.5) is 0 Å². The van der Waals surface area contributed by atoms with Crippen molar-refractivity contribution in [2.75, 3.05) is 0 Å². The highest BCUT2D eigenvalue weighted by molar-refractivity contribution is 5.00. The quantitative estimate of drug-likeness (QED) is 0.705. The molecule has 1 radical (unpaired) electrons. The van der Waals surface area contributed by atoms with Crippen LogP contribution in [0, 0.1) is 6.20 Å². The summed E-state index contributed by atoms with van der Waals surface area (Å²) >= 11 is 0. The van der Waals surface area contributed by atoms with Gasteiger partial charge in [-0.1, -0.05) is 0 Å². The zero-order valence-electron chi connectivity index (χ0n) is 7.29. The van der Waals surface area contributed by atoms with Gasteiger partial charge in [0.1, 0.15) is 6.61 Å². The molecule has 0 aromatic carbocycles. The Labute approximate surface area is 80.8 Å². The van der Waals surface area contributed by atoms with Gasteiger partial charge in [0.05, 0.1) is 0 Å². The molecule has 69 valence electrons. The first-order valence-corrected chi connectivity index (χ1v) is 4.02. The molecule has 5 nitrogen and oxygen atoms in total. The van der Waals surface area contributed by atoms with Crippen LogP contribution in [0.5, 0.6) is 5.88 Å². The van der Waals surface area contributed by atoms with Gasteiger partial charge in [0.25, 0.3) is 0 Å². The van der Waals surface area contributed by atoms with Crippen molar-refractivity contribution in [1.82, 2.24) is 19.9 Å². The standard InChI is InChI=1S/C9H7N4O/c1-2-11-8(12-3-1)7-14-9-6-10-4-5-13-9/h1-5H,7H2. The molecule has 0 aliphatic heterocycles. The Balaban J connectivity index is 1.96. The highest BCUT2D eigenvalue weighted by atomic mass is 16.5. The topological polar surface area (TPSA) is 60.8 Å². The van der Waals surface area contributed by atoms with E-state index in [4.69, 9.17) is 4.74 Å². The summed E-state index contributed by atoms with van der Waals surface area (Å²) in [7, 11) is 0. The fraction of sp³-hybridized carbons (Fsp3) is 0.111. The lowest BCUT2D eigenvalue weighted by Gasteiger charge is -2.01. The molecule has 0 amide bonds. The molecule has 0 bridgehead atoms. The van der Waals surface area contributed by atoms with E-state index >= 15 is 0 Å². The molecule has 2 heterocycles. The maximum absolute atomic E-state index is 5.24. The van der Waals surface area contributed by atoms with Crippen LogP contribution in [-0.4, -0.2) is 19.9 Å². The monoisotopic (exact) mass is 187 g/mol. The van der Waals surface area contributed by atoms with E-state index < -0.39 is 0 Å². The Morgan fingerprint density at radius 2 is 1.93 bits per heavy atom. The van der Waals surface area contributed by atoms with Crippen LogP contribution in [0.15, 0.2) is 30.9 Å². The van der Waals surface area contributed by atoms with Crippen molar-refractivity contribution in [3.8, 4) is 5.88 Å². The first kappa shape index (κ1) is 8.55. The van der Waals surface area contributed by atoms with Crippen LogP contribution >= 0.6 is 0 Å². The molecule has 0 atom stereocenters. The Morgan fingerprint density at radius 1 is 1.07 bits per heavy atom. The molecule has 2 aromatic heterocycles. The summed E-state index contributed by atoms with van der Waals surface area (Å²) < 4.78 is 5.24. The molecule has 0 spiro atoms. The average molecular weight is 187 g/mol. The maximum atomic E-state index is 5.24. The van der Waals surface area contributed by atoms with Gasteiger partial charge in [0, 0.05) is 24.8 Å². The maximum Gasteiger partial charge on any atom is 0.242 e. The molecule has 0 saturated carbocycles. The molecule has 0 fully saturated rings. The molecule has 14 heavy (non-hydrogen) atoms. The molecule has 2 aromatic rings. The molecule has 0 N–H and O–H groups in total. The van der Waals surface area contributed by atoms with Crippen molar-refractivity contribution in [3.63, 3.8) is 0 Å². The highest BCUT2D eigenvalue weighted by Crippen LogP contribution is 2.01. The van der Waals surface area contributed by atoms with E-state index in [1.807, 2.05) is 0 Å². The SMILES string of the molecule is [c]1nccnc1OCc1ncccn1. The second kappa shape index (κ2) is 4.27. The number of hydrogen-bond acceptors (Lipinski definition) is 5. The van der Waals surface area contributed by atoms with E-state index in [2.05, 4.69) is 26.1 Å². The van der Waals surface area contributed by atoms with Crippen LogP contribution < -0.4 is 4.74 Å². The smallest absolute Gasteiger partial charge is 0.242 e. The summed E-state index contributed by atoms with van der Waals surface area (Å²) in [4.78, 5) is 15.6.